The van der Waals surface area contributed by atoms with E-state index in [0.29, 0.717) is 0 Å². The first kappa shape index (κ1) is 13.9. The second kappa shape index (κ2) is 6.57. The number of aryl methyl sites for hydroxylation is 2. The lowest BCUT2D eigenvalue weighted by Gasteiger charge is -2.06. The number of rotatable bonds is 7. The van der Waals surface area contributed by atoms with Crippen LogP contribution in [0.2, 0.25) is 0 Å². The molecule has 0 atom stereocenters. The van der Waals surface area contributed by atoms with Crippen molar-refractivity contribution in [2.24, 2.45) is 0 Å². The fourth-order valence-corrected chi connectivity index (χ4v) is 2.25. The Morgan fingerprint density at radius 2 is 2.16 bits per heavy atom. The first-order chi connectivity index (χ1) is 9.30. The zero-order chi connectivity index (χ0) is 13.7. The Labute approximate surface area is 114 Å². The highest BCUT2D eigenvalue weighted by Crippen LogP contribution is 2.22. The van der Waals surface area contributed by atoms with Gasteiger partial charge in [-0.05, 0) is 31.9 Å². The van der Waals surface area contributed by atoms with E-state index in [1.165, 1.54) is 0 Å². The lowest BCUT2D eigenvalue weighted by Crippen LogP contribution is -2.02. The van der Waals surface area contributed by atoms with Crippen molar-refractivity contribution >= 4 is 11.0 Å². The van der Waals surface area contributed by atoms with E-state index in [4.69, 9.17) is 9.84 Å². The quantitative estimate of drug-likeness (QED) is 0.834. The molecule has 0 aliphatic heterocycles. The number of aromatic nitrogens is 2. The summed E-state index contributed by atoms with van der Waals surface area (Å²) in [5.41, 5.74) is 2.11. The van der Waals surface area contributed by atoms with Crippen LogP contribution in [0.3, 0.4) is 0 Å². The molecule has 4 heteroatoms. The number of nitrogens with zero attached hydrogens (tertiary/aromatic N) is 2. The van der Waals surface area contributed by atoms with Crippen molar-refractivity contribution in [1.82, 2.24) is 9.55 Å². The van der Waals surface area contributed by atoms with Gasteiger partial charge in [-0.1, -0.05) is 6.92 Å². The third-order valence-corrected chi connectivity index (χ3v) is 3.15. The van der Waals surface area contributed by atoms with E-state index in [-0.39, 0.29) is 6.61 Å². The molecule has 4 nitrogen and oxygen atoms in total. The van der Waals surface area contributed by atoms with Crippen molar-refractivity contribution < 1.29 is 9.84 Å². The van der Waals surface area contributed by atoms with Crippen LogP contribution in [0.4, 0.5) is 0 Å². The Morgan fingerprint density at radius 3 is 2.84 bits per heavy atom. The number of hydrogen-bond donors (Lipinski definition) is 1. The van der Waals surface area contributed by atoms with Gasteiger partial charge < -0.3 is 14.4 Å². The zero-order valence-electron chi connectivity index (χ0n) is 11.7. The molecule has 0 saturated carbocycles. The molecule has 0 bridgehead atoms. The topological polar surface area (TPSA) is 47.3 Å². The second-order valence-corrected chi connectivity index (χ2v) is 4.60. The third kappa shape index (κ3) is 3.07. The Balaban J connectivity index is 2.32. The maximum absolute atomic E-state index is 8.95. The molecule has 1 aromatic carbocycles. The average Bonchev–Trinajstić information content (AvgIpc) is 2.79. The Kier molecular flexibility index (Phi) is 4.80. The lowest BCUT2D eigenvalue weighted by atomic mass is 10.3. The Morgan fingerprint density at radius 1 is 1.32 bits per heavy atom. The molecular formula is C15H22N2O2. The van der Waals surface area contributed by atoms with Crippen molar-refractivity contribution in [1.29, 1.82) is 0 Å². The molecule has 2 aromatic rings. The van der Waals surface area contributed by atoms with Crippen LogP contribution in [-0.4, -0.2) is 27.9 Å². The molecule has 0 amide bonds. The molecule has 0 radical (unpaired) electrons. The van der Waals surface area contributed by atoms with E-state index in [1.807, 2.05) is 12.1 Å². The molecule has 0 unspecified atom stereocenters. The summed E-state index contributed by atoms with van der Waals surface area (Å²) >= 11 is 0. The van der Waals surface area contributed by atoms with Gasteiger partial charge in [0, 0.05) is 25.6 Å². The standard InChI is InChI=1S/C15H22N2O2/c1-3-10-19-12-7-8-14-13(11-12)16-15(6-5-9-18)17(14)4-2/h7-8,11,18H,3-6,9-10H2,1-2H3. The number of benzene rings is 1. The van der Waals surface area contributed by atoms with Crippen molar-refractivity contribution in [2.45, 2.75) is 39.7 Å². The minimum atomic E-state index is 0.206. The molecule has 0 aliphatic carbocycles. The van der Waals surface area contributed by atoms with Gasteiger partial charge >= 0.3 is 0 Å². The molecule has 2 rings (SSSR count). The van der Waals surface area contributed by atoms with Crippen LogP contribution >= 0.6 is 0 Å². The number of hydrogen-bond acceptors (Lipinski definition) is 3. The van der Waals surface area contributed by atoms with E-state index < -0.39 is 0 Å². The maximum atomic E-state index is 8.95. The van der Waals surface area contributed by atoms with E-state index in [1.54, 1.807) is 0 Å². The number of aliphatic hydroxyl groups excluding tert-OH is 1. The van der Waals surface area contributed by atoms with Gasteiger partial charge in [0.1, 0.15) is 11.6 Å². The highest BCUT2D eigenvalue weighted by Gasteiger charge is 2.10. The van der Waals surface area contributed by atoms with Crippen LogP contribution in [-0.2, 0) is 13.0 Å². The first-order valence-corrected chi connectivity index (χ1v) is 7.03. The highest BCUT2D eigenvalue weighted by molar-refractivity contribution is 5.77. The predicted octanol–water partition coefficient (Wildman–Crippen LogP) is 2.77. The molecule has 0 saturated heterocycles. The van der Waals surface area contributed by atoms with Gasteiger partial charge in [0.25, 0.3) is 0 Å². The smallest absolute Gasteiger partial charge is 0.121 e. The summed E-state index contributed by atoms with van der Waals surface area (Å²) in [4.78, 5) is 4.66. The third-order valence-electron chi connectivity index (χ3n) is 3.15. The van der Waals surface area contributed by atoms with Crippen molar-refractivity contribution in [3.63, 3.8) is 0 Å². The van der Waals surface area contributed by atoms with Gasteiger partial charge in [-0.25, -0.2) is 4.98 Å². The molecule has 0 fully saturated rings. The minimum Gasteiger partial charge on any atom is -0.494 e. The van der Waals surface area contributed by atoms with E-state index in [0.717, 1.165) is 55.0 Å². The number of imidazole rings is 1. The zero-order valence-corrected chi connectivity index (χ0v) is 11.7. The van der Waals surface area contributed by atoms with Crippen molar-refractivity contribution in [2.75, 3.05) is 13.2 Å². The molecule has 0 aliphatic rings. The average molecular weight is 262 g/mol. The highest BCUT2D eigenvalue weighted by atomic mass is 16.5. The van der Waals surface area contributed by atoms with Gasteiger partial charge in [0.15, 0.2) is 0 Å². The summed E-state index contributed by atoms with van der Waals surface area (Å²) in [7, 11) is 0. The summed E-state index contributed by atoms with van der Waals surface area (Å²) in [6, 6.07) is 6.07. The molecule has 0 spiro atoms. The van der Waals surface area contributed by atoms with Gasteiger partial charge in [0.2, 0.25) is 0 Å². The van der Waals surface area contributed by atoms with Crippen molar-refractivity contribution in [3.8, 4) is 5.75 Å². The molecule has 19 heavy (non-hydrogen) atoms. The van der Waals surface area contributed by atoms with Gasteiger partial charge in [-0.2, -0.15) is 0 Å². The summed E-state index contributed by atoms with van der Waals surface area (Å²) < 4.78 is 7.84. The van der Waals surface area contributed by atoms with Gasteiger partial charge in [-0.3, -0.25) is 0 Å². The lowest BCUT2D eigenvalue weighted by molar-refractivity contribution is 0.287. The SMILES string of the molecule is CCCOc1ccc2c(c1)nc(CCCO)n2CC. The van der Waals surface area contributed by atoms with Crippen LogP contribution in [0.5, 0.6) is 5.75 Å². The first-order valence-electron chi connectivity index (χ1n) is 7.03. The minimum absolute atomic E-state index is 0.206. The molecular weight excluding hydrogens is 240 g/mol. The van der Waals surface area contributed by atoms with Crippen LogP contribution in [0.25, 0.3) is 11.0 Å². The summed E-state index contributed by atoms with van der Waals surface area (Å²) in [5, 5.41) is 8.95. The van der Waals surface area contributed by atoms with Crippen LogP contribution in [0, 0.1) is 0 Å². The largest absolute Gasteiger partial charge is 0.494 e. The molecule has 104 valence electrons. The Hall–Kier alpha value is -1.55. The molecule has 1 N–H and O–H groups in total. The molecule has 1 heterocycles. The van der Waals surface area contributed by atoms with Gasteiger partial charge in [0.05, 0.1) is 17.6 Å². The van der Waals surface area contributed by atoms with E-state index >= 15 is 0 Å². The summed E-state index contributed by atoms with van der Waals surface area (Å²) in [6.45, 7) is 6.05. The van der Waals surface area contributed by atoms with E-state index in [2.05, 4.69) is 29.5 Å². The second-order valence-electron chi connectivity index (χ2n) is 4.60. The van der Waals surface area contributed by atoms with Crippen LogP contribution in [0.15, 0.2) is 18.2 Å². The van der Waals surface area contributed by atoms with Crippen LogP contribution < -0.4 is 4.74 Å². The number of ether oxygens (including phenoxy) is 1. The summed E-state index contributed by atoms with van der Waals surface area (Å²) in [5.74, 6) is 1.92. The normalized spacial score (nSPS) is 11.1. The monoisotopic (exact) mass is 262 g/mol. The predicted molar refractivity (Wildman–Crippen MR) is 76.6 cm³/mol. The number of fused-ring (bicyclic) bond motifs is 1. The van der Waals surface area contributed by atoms with Crippen molar-refractivity contribution in [3.05, 3.63) is 24.0 Å². The summed E-state index contributed by atoms with van der Waals surface area (Å²) in [6.07, 6.45) is 2.57. The Bertz CT molecular complexity index is 534. The fourth-order valence-electron chi connectivity index (χ4n) is 2.25. The van der Waals surface area contributed by atoms with E-state index in [9.17, 15) is 0 Å². The maximum Gasteiger partial charge on any atom is 0.121 e. The van der Waals surface area contributed by atoms with Crippen LogP contribution in [0.1, 0.15) is 32.5 Å². The van der Waals surface area contributed by atoms with Gasteiger partial charge in [-0.15, -0.1) is 0 Å². The number of aliphatic hydroxyl groups is 1. The fraction of sp³-hybridized carbons (Fsp3) is 0.533. The molecule has 1 aromatic heterocycles.